The highest BCUT2D eigenvalue weighted by Crippen LogP contribution is 2.29. The van der Waals surface area contributed by atoms with E-state index in [4.69, 9.17) is 9.47 Å². The predicted molar refractivity (Wildman–Crippen MR) is 59.4 cm³/mol. The van der Waals surface area contributed by atoms with Gasteiger partial charge in [0.1, 0.15) is 11.5 Å². The minimum atomic E-state index is -0.526. The van der Waals surface area contributed by atoms with Gasteiger partial charge in [-0.15, -0.1) is 0 Å². The van der Waals surface area contributed by atoms with Crippen molar-refractivity contribution in [3.8, 4) is 11.5 Å². The Morgan fingerprint density at radius 1 is 1.20 bits per heavy atom. The van der Waals surface area contributed by atoms with Gasteiger partial charge in [0.05, 0.1) is 19.3 Å². The molecule has 0 unspecified atom stereocenters. The van der Waals surface area contributed by atoms with E-state index in [0.29, 0.717) is 19.0 Å². The summed E-state index contributed by atoms with van der Waals surface area (Å²) >= 11 is 0. The highest BCUT2D eigenvalue weighted by Gasteiger charge is 2.10. The lowest BCUT2D eigenvalue weighted by molar-refractivity contribution is 0.192. The second-order valence-corrected chi connectivity index (χ2v) is 3.24. The minimum absolute atomic E-state index is 0.526. The van der Waals surface area contributed by atoms with Gasteiger partial charge in [-0.25, -0.2) is 0 Å². The number of hydrogen-bond acceptors (Lipinski definition) is 3. The molecule has 0 saturated heterocycles. The lowest BCUT2D eigenvalue weighted by Gasteiger charge is -2.14. The van der Waals surface area contributed by atoms with Crippen LogP contribution in [0.5, 0.6) is 11.5 Å². The average Bonchev–Trinajstić information content (AvgIpc) is 2.18. The molecule has 0 saturated carbocycles. The molecule has 1 rings (SSSR count). The van der Waals surface area contributed by atoms with E-state index < -0.39 is 6.10 Å². The highest BCUT2D eigenvalue weighted by molar-refractivity contribution is 5.41. The summed E-state index contributed by atoms with van der Waals surface area (Å²) in [4.78, 5) is 0. The minimum Gasteiger partial charge on any atom is -0.494 e. The number of aliphatic hydroxyl groups is 1. The molecule has 0 spiro atoms. The molecule has 0 radical (unpaired) electrons. The Kier molecular flexibility index (Phi) is 4.43. The van der Waals surface area contributed by atoms with Gasteiger partial charge in [-0.05, 0) is 32.9 Å². The maximum atomic E-state index is 9.53. The Labute approximate surface area is 90.6 Å². The fourth-order valence-electron chi connectivity index (χ4n) is 1.40. The lowest BCUT2D eigenvalue weighted by atomic mass is 10.1. The number of rotatable bonds is 5. The largest absolute Gasteiger partial charge is 0.494 e. The van der Waals surface area contributed by atoms with Gasteiger partial charge in [0.25, 0.3) is 0 Å². The Morgan fingerprint density at radius 2 is 1.87 bits per heavy atom. The van der Waals surface area contributed by atoms with Crippen LogP contribution in [0.4, 0.5) is 0 Å². The summed E-state index contributed by atoms with van der Waals surface area (Å²) in [5, 5.41) is 9.53. The van der Waals surface area contributed by atoms with Crippen molar-refractivity contribution in [1.82, 2.24) is 0 Å². The predicted octanol–water partition coefficient (Wildman–Crippen LogP) is 2.54. The van der Waals surface area contributed by atoms with Crippen LogP contribution in [-0.2, 0) is 0 Å². The summed E-state index contributed by atoms with van der Waals surface area (Å²) < 4.78 is 10.8. The standard InChI is InChI=1S/C12H18O3/c1-4-14-10-6-7-11(9(3)13)12(8-10)15-5-2/h6-9,13H,4-5H2,1-3H3/t9-/m0/s1. The van der Waals surface area contributed by atoms with Gasteiger partial charge in [0, 0.05) is 11.6 Å². The van der Waals surface area contributed by atoms with E-state index in [0.717, 1.165) is 11.3 Å². The maximum Gasteiger partial charge on any atom is 0.128 e. The molecular weight excluding hydrogens is 192 g/mol. The van der Waals surface area contributed by atoms with Gasteiger partial charge in [-0.1, -0.05) is 0 Å². The average molecular weight is 210 g/mol. The molecule has 1 aromatic rings. The quantitative estimate of drug-likeness (QED) is 0.811. The first kappa shape index (κ1) is 11.9. The van der Waals surface area contributed by atoms with Crippen molar-refractivity contribution in [2.24, 2.45) is 0 Å². The van der Waals surface area contributed by atoms with Crippen LogP contribution in [-0.4, -0.2) is 18.3 Å². The smallest absolute Gasteiger partial charge is 0.128 e. The summed E-state index contributed by atoms with van der Waals surface area (Å²) in [6, 6.07) is 5.49. The van der Waals surface area contributed by atoms with Crippen molar-refractivity contribution in [1.29, 1.82) is 0 Å². The van der Waals surface area contributed by atoms with E-state index >= 15 is 0 Å². The van der Waals surface area contributed by atoms with Crippen LogP contribution in [0.3, 0.4) is 0 Å². The van der Waals surface area contributed by atoms with Gasteiger partial charge in [0.2, 0.25) is 0 Å². The van der Waals surface area contributed by atoms with Crippen LogP contribution in [0, 0.1) is 0 Å². The third kappa shape index (κ3) is 3.13. The summed E-state index contributed by atoms with van der Waals surface area (Å²) in [6.07, 6.45) is -0.526. The third-order valence-electron chi connectivity index (χ3n) is 2.05. The second-order valence-electron chi connectivity index (χ2n) is 3.24. The first-order valence-corrected chi connectivity index (χ1v) is 5.26. The van der Waals surface area contributed by atoms with Gasteiger partial charge >= 0.3 is 0 Å². The molecule has 3 nitrogen and oxygen atoms in total. The summed E-state index contributed by atoms with van der Waals surface area (Å²) in [6.45, 7) is 6.77. The van der Waals surface area contributed by atoms with Crippen LogP contribution < -0.4 is 9.47 Å². The second kappa shape index (κ2) is 5.61. The number of ether oxygens (including phenoxy) is 2. The molecule has 1 N–H and O–H groups in total. The topological polar surface area (TPSA) is 38.7 Å². The van der Waals surface area contributed by atoms with Crippen molar-refractivity contribution < 1.29 is 14.6 Å². The Morgan fingerprint density at radius 3 is 2.40 bits per heavy atom. The molecular formula is C12H18O3. The van der Waals surface area contributed by atoms with Crippen LogP contribution in [0.2, 0.25) is 0 Å². The zero-order valence-electron chi connectivity index (χ0n) is 9.49. The van der Waals surface area contributed by atoms with Crippen molar-refractivity contribution in [3.63, 3.8) is 0 Å². The van der Waals surface area contributed by atoms with Crippen molar-refractivity contribution in [2.75, 3.05) is 13.2 Å². The lowest BCUT2D eigenvalue weighted by Crippen LogP contribution is -2.01. The van der Waals surface area contributed by atoms with E-state index in [1.54, 1.807) is 6.92 Å². The Balaban J connectivity index is 2.97. The zero-order valence-corrected chi connectivity index (χ0v) is 9.49. The van der Waals surface area contributed by atoms with Crippen LogP contribution in [0.15, 0.2) is 18.2 Å². The summed E-state index contributed by atoms with van der Waals surface area (Å²) in [7, 11) is 0. The van der Waals surface area contributed by atoms with E-state index in [1.165, 1.54) is 0 Å². The van der Waals surface area contributed by atoms with E-state index in [-0.39, 0.29) is 0 Å². The molecule has 0 amide bonds. The van der Waals surface area contributed by atoms with Crippen molar-refractivity contribution in [2.45, 2.75) is 26.9 Å². The normalized spacial score (nSPS) is 12.3. The molecule has 0 heterocycles. The van der Waals surface area contributed by atoms with Gasteiger partial charge < -0.3 is 14.6 Å². The fourth-order valence-corrected chi connectivity index (χ4v) is 1.40. The zero-order chi connectivity index (χ0) is 11.3. The monoisotopic (exact) mass is 210 g/mol. The SMILES string of the molecule is CCOc1ccc([C@H](C)O)c(OCC)c1. The molecule has 1 atom stereocenters. The molecule has 0 aliphatic carbocycles. The molecule has 0 aromatic heterocycles. The first-order chi connectivity index (χ1) is 7.19. The number of aliphatic hydroxyl groups excluding tert-OH is 1. The highest BCUT2D eigenvalue weighted by atomic mass is 16.5. The van der Waals surface area contributed by atoms with Crippen LogP contribution >= 0.6 is 0 Å². The molecule has 0 aliphatic rings. The van der Waals surface area contributed by atoms with E-state index in [1.807, 2.05) is 32.0 Å². The third-order valence-corrected chi connectivity index (χ3v) is 2.05. The van der Waals surface area contributed by atoms with Gasteiger partial charge in [0.15, 0.2) is 0 Å². The number of benzene rings is 1. The van der Waals surface area contributed by atoms with Gasteiger partial charge in [-0.3, -0.25) is 0 Å². The molecule has 1 aromatic carbocycles. The summed E-state index contributed by atoms with van der Waals surface area (Å²) in [5.74, 6) is 1.46. The summed E-state index contributed by atoms with van der Waals surface area (Å²) in [5.41, 5.74) is 0.792. The maximum absolute atomic E-state index is 9.53. The molecule has 3 heteroatoms. The van der Waals surface area contributed by atoms with E-state index in [2.05, 4.69) is 0 Å². The molecule has 84 valence electrons. The molecule has 0 fully saturated rings. The van der Waals surface area contributed by atoms with Crippen molar-refractivity contribution in [3.05, 3.63) is 23.8 Å². The molecule has 15 heavy (non-hydrogen) atoms. The van der Waals surface area contributed by atoms with Crippen LogP contribution in [0.1, 0.15) is 32.4 Å². The molecule has 0 bridgehead atoms. The fraction of sp³-hybridized carbons (Fsp3) is 0.500. The van der Waals surface area contributed by atoms with Gasteiger partial charge in [-0.2, -0.15) is 0 Å². The Hall–Kier alpha value is -1.22. The first-order valence-electron chi connectivity index (χ1n) is 5.26. The van der Waals surface area contributed by atoms with Crippen LogP contribution in [0.25, 0.3) is 0 Å². The number of hydrogen-bond donors (Lipinski definition) is 1. The van der Waals surface area contributed by atoms with E-state index in [9.17, 15) is 5.11 Å². The Bertz CT molecular complexity index is 308. The van der Waals surface area contributed by atoms with Crippen molar-refractivity contribution >= 4 is 0 Å². The molecule has 0 aliphatic heterocycles.